The predicted molar refractivity (Wildman–Crippen MR) is 56.4 cm³/mol. The Kier molecular flexibility index (Phi) is 3.13. The summed E-state index contributed by atoms with van der Waals surface area (Å²) in [5.74, 6) is 0. The first kappa shape index (κ1) is 11.7. The van der Waals surface area contributed by atoms with E-state index in [0.717, 1.165) is 19.0 Å². The van der Waals surface area contributed by atoms with Crippen molar-refractivity contribution in [1.29, 1.82) is 0 Å². The zero-order valence-corrected chi connectivity index (χ0v) is 9.20. The lowest BCUT2D eigenvalue weighted by atomic mass is 9.98. The number of hydrogen-bond donors (Lipinski definition) is 1. The lowest BCUT2D eigenvalue weighted by Gasteiger charge is -2.19. The average molecular weight is 250 g/mol. The fraction of sp³-hybridized carbons (Fsp3) is 0.455. The fourth-order valence-corrected chi connectivity index (χ4v) is 2.38. The maximum atomic E-state index is 12.8. The minimum Gasteiger partial charge on any atom is -0.310 e. The van der Waals surface area contributed by atoms with E-state index in [4.69, 9.17) is 11.6 Å². The van der Waals surface area contributed by atoms with Crippen molar-refractivity contribution in [2.45, 2.75) is 25.1 Å². The van der Waals surface area contributed by atoms with Gasteiger partial charge in [-0.25, -0.2) is 0 Å². The fourth-order valence-electron chi connectivity index (χ4n) is 2.07. The summed E-state index contributed by atoms with van der Waals surface area (Å²) in [5, 5.41) is 3.23. The number of hydrogen-bond acceptors (Lipinski definition) is 1. The van der Waals surface area contributed by atoms with E-state index in [1.54, 1.807) is 0 Å². The van der Waals surface area contributed by atoms with Crippen LogP contribution >= 0.6 is 11.6 Å². The van der Waals surface area contributed by atoms with Gasteiger partial charge in [0.2, 0.25) is 0 Å². The van der Waals surface area contributed by atoms with E-state index in [-0.39, 0.29) is 16.6 Å². The Morgan fingerprint density at radius 2 is 2.06 bits per heavy atom. The van der Waals surface area contributed by atoms with E-state index in [9.17, 15) is 13.2 Å². The number of halogens is 4. The number of rotatable bonds is 1. The molecule has 1 aliphatic rings. The monoisotopic (exact) mass is 249 g/mol. The Bertz CT molecular complexity index is 383. The Labute approximate surface area is 96.6 Å². The summed E-state index contributed by atoms with van der Waals surface area (Å²) < 4.78 is 38.4. The van der Waals surface area contributed by atoms with Crippen molar-refractivity contribution in [2.24, 2.45) is 0 Å². The first-order valence-corrected chi connectivity index (χ1v) is 5.47. The Hall–Kier alpha value is -0.740. The highest BCUT2D eigenvalue weighted by molar-refractivity contribution is 6.31. The van der Waals surface area contributed by atoms with Gasteiger partial charge in [-0.2, -0.15) is 13.2 Å². The molecule has 0 spiro atoms. The van der Waals surface area contributed by atoms with Crippen molar-refractivity contribution < 1.29 is 13.2 Å². The molecule has 88 valence electrons. The van der Waals surface area contributed by atoms with Gasteiger partial charge < -0.3 is 5.32 Å². The molecule has 0 unspecified atom stereocenters. The molecule has 2 rings (SSSR count). The molecule has 1 atom stereocenters. The van der Waals surface area contributed by atoms with Gasteiger partial charge in [0.05, 0.1) is 5.56 Å². The van der Waals surface area contributed by atoms with Crippen LogP contribution in [0.3, 0.4) is 0 Å². The molecule has 1 heterocycles. The third kappa shape index (κ3) is 2.18. The maximum Gasteiger partial charge on any atom is 0.416 e. The van der Waals surface area contributed by atoms with Crippen molar-refractivity contribution in [3.8, 4) is 0 Å². The first-order valence-electron chi connectivity index (χ1n) is 5.09. The van der Waals surface area contributed by atoms with Crippen LogP contribution in [0.2, 0.25) is 5.02 Å². The largest absolute Gasteiger partial charge is 0.416 e. The van der Waals surface area contributed by atoms with Crippen LogP contribution in [0.5, 0.6) is 0 Å². The zero-order valence-electron chi connectivity index (χ0n) is 8.44. The Balaban J connectivity index is 2.48. The standard InChI is InChI=1S/C11H11ClF3N/c12-8-4-1-3-7(11(13,14)15)10(8)9-5-2-6-16-9/h1,3-4,9,16H,2,5-6H2/t9-/m1/s1. The molecule has 1 aromatic carbocycles. The van der Waals surface area contributed by atoms with E-state index in [2.05, 4.69) is 5.32 Å². The van der Waals surface area contributed by atoms with Gasteiger partial charge in [0, 0.05) is 11.1 Å². The van der Waals surface area contributed by atoms with E-state index in [1.165, 1.54) is 12.1 Å². The molecule has 1 nitrogen and oxygen atoms in total. The molecule has 1 aliphatic heterocycles. The summed E-state index contributed by atoms with van der Waals surface area (Å²) in [5.41, 5.74) is -0.437. The summed E-state index contributed by atoms with van der Waals surface area (Å²) in [7, 11) is 0. The molecular weight excluding hydrogens is 239 g/mol. The van der Waals surface area contributed by atoms with Gasteiger partial charge in [0.1, 0.15) is 0 Å². The van der Waals surface area contributed by atoms with Gasteiger partial charge in [-0.05, 0) is 37.1 Å². The van der Waals surface area contributed by atoms with Crippen molar-refractivity contribution >= 4 is 11.6 Å². The van der Waals surface area contributed by atoms with Crippen molar-refractivity contribution in [3.63, 3.8) is 0 Å². The number of nitrogens with one attached hydrogen (secondary N) is 1. The van der Waals surface area contributed by atoms with Crippen molar-refractivity contribution in [1.82, 2.24) is 5.32 Å². The van der Waals surface area contributed by atoms with Crippen molar-refractivity contribution in [3.05, 3.63) is 34.3 Å². The molecule has 1 saturated heterocycles. The summed E-state index contributed by atoms with van der Waals surface area (Å²) in [6.07, 6.45) is -2.76. The van der Waals surface area contributed by atoms with E-state index < -0.39 is 11.7 Å². The Morgan fingerprint density at radius 3 is 2.62 bits per heavy atom. The predicted octanol–water partition coefficient (Wildman–Crippen LogP) is 3.78. The SMILES string of the molecule is FC(F)(F)c1cccc(Cl)c1[C@H]1CCCN1. The van der Waals surface area contributed by atoms with Gasteiger partial charge in [-0.1, -0.05) is 17.7 Å². The lowest BCUT2D eigenvalue weighted by molar-refractivity contribution is -0.138. The summed E-state index contributed by atoms with van der Waals surface area (Å²) in [4.78, 5) is 0. The van der Waals surface area contributed by atoms with Crippen LogP contribution < -0.4 is 5.32 Å². The molecule has 0 aromatic heterocycles. The first-order chi connectivity index (χ1) is 7.50. The molecule has 0 saturated carbocycles. The maximum absolute atomic E-state index is 12.8. The smallest absolute Gasteiger partial charge is 0.310 e. The third-order valence-corrected chi connectivity index (χ3v) is 3.10. The minimum absolute atomic E-state index is 0.189. The summed E-state index contributed by atoms with van der Waals surface area (Å²) in [6, 6.07) is 3.65. The minimum atomic E-state index is -4.34. The molecule has 0 radical (unpaired) electrons. The lowest BCUT2D eigenvalue weighted by Crippen LogP contribution is -2.19. The average Bonchev–Trinajstić information content (AvgIpc) is 2.68. The second-order valence-electron chi connectivity index (χ2n) is 3.85. The van der Waals surface area contributed by atoms with E-state index in [0.29, 0.717) is 6.42 Å². The van der Waals surface area contributed by atoms with Gasteiger partial charge in [0.15, 0.2) is 0 Å². The Morgan fingerprint density at radius 1 is 1.31 bits per heavy atom. The van der Waals surface area contributed by atoms with E-state index in [1.807, 2.05) is 0 Å². The quantitative estimate of drug-likeness (QED) is 0.799. The highest BCUT2D eigenvalue weighted by Crippen LogP contribution is 2.40. The number of alkyl halides is 3. The number of benzene rings is 1. The van der Waals surface area contributed by atoms with Crippen LogP contribution in [-0.2, 0) is 6.18 Å². The van der Waals surface area contributed by atoms with Crippen molar-refractivity contribution in [2.75, 3.05) is 6.54 Å². The molecule has 0 bridgehead atoms. The molecule has 1 aromatic rings. The molecular formula is C11H11ClF3N. The molecule has 0 aliphatic carbocycles. The summed E-state index contributed by atoms with van der Waals surface area (Å²) in [6.45, 7) is 0.743. The van der Waals surface area contributed by atoms with Crippen LogP contribution in [0.25, 0.3) is 0 Å². The molecule has 1 fully saturated rings. The van der Waals surface area contributed by atoms with Gasteiger partial charge in [-0.15, -0.1) is 0 Å². The normalized spacial score (nSPS) is 21.4. The molecule has 1 N–H and O–H groups in total. The topological polar surface area (TPSA) is 12.0 Å². The van der Waals surface area contributed by atoms with Crippen LogP contribution in [0.4, 0.5) is 13.2 Å². The van der Waals surface area contributed by atoms with Crippen LogP contribution in [0.1, 0.15) is 30.0 Å². The molecule has 5 heteroatoms. The second kappa shape index (κ2) is 4.26. The van der Waals surface area contributed by atoms with Crippen LogP contribution in [0.15, 0.2) is 18.2 Å². The van der Waals surface area contributed by atoms with Crippen LogP contribution in [-0.4, -0.2) is 6.54 Å². The highest BCUT2D eigenvalue weighted by atomic mass is 35.5. The third-order valence-electron chi connectivity index (χ3n) is 2.77. The van der Waals surface area contributed by atoms with E-state index >= 15 is 0 Å². The van der Waals surface area contributed by atoms with Crippen LogP contribution in [0, 0.1) is 0 Å². The second-order valence-corrected chi connectivity index (χ2v) is 4.25. The summed E-state index contributed by atoms with van der Waals surface area (Å²) >= 11 is 5.88. The zero-order chi connectivity index (χ0) is 11.8. The van der Waals surface area contributed by atoms with Gasteiger partial charge >= 0.3 is 6.18 Å². The molecule has 0 amide bonds. The van der Waals surface area contributed by atoms with Gasteiger partial charge in [-0.3, -0.25) is 0 Å². The van der Waals surface area contributed by atoms with Gasteiger partial charge in [0.25, 0.3) is 0 Å². The highest BCUT2D eigenvalue weighted by Gasteiger charge is 2.36. The molecule has 16 heavy (non-hydrogen) atoms.